The molecular weight excluding hydrogens is 474 g/mol. The van der Waals surface area contributed by atoms with Crippen LogP contribution in [0.5, 0.6) is 0 Å². The van der Waals surface area contributed by atoms with Gasteiger partial charge in [-0.25, -0.2) is 18.4 Å². The maximum absolute atomic E-state index is 12.7. The van der Waals surface area contributed by atoms with Gasteiger partial charge in [-0.15, -0.1) is 0 Å². The lowest BCUT2D eigenvalue weighted by Crippen LogP contribution is -2.25. The van der Waals surface area contributed by atoms with Crippen molar-refractivity contribution >= 4 is 50.1 Å². The Morgan fingerprint density at radius 1 is 1.03 bits per heavy atom. The molecule has 11 heteroatoms. The molecule has 0 saturated heterocycles. The largest absolute Gasteiger partial charge is 0.325 e. The standard InChI is InChI=1S/C23H21N5O4S2/c1-15(33-23-26-19-8-4-3-7-18(19)22(30)28(23)2)21(29)25-16-10-12-17(13-11-16)34(31,32)27-20-9-5-6-14-24-20/h3-15H,1-2H3,(H,24,27)(H,25,29). The molecule has 1 amide bonds. The lowest BCUT2D eigenvalue weighted by Gasteiger charge is -2.14. The second-order valence-corrected chi connectivity index (χ2v) is 10.4. The lowest BCUT2D eigenvalue weighted by atomic mass is 10.2. The first kappa shape index (κ1) is 23.5. The third kappa shape index (κ3) is 5.10. The van der Waals surface area contributed by atoms with E-state index in [2.05, 4.69) is 20.0 Å². The predicted octanol–water partition coefficient (Wildman–Crippen LogP) is 3.25. The van der Waals surface area contributed by atoms with Crippen molar-refractivity contribution in [1.82, 2.24) is 14.5 Å². The van der Waals surface area contributed by atoms with Crippen molar-refractivity contribution in [3.05, 3.63) is 83.3 Å². The van der Waals surface area contributed by atoms with Crippen molar-refractivity contribution in [2.24, 2.45) is 7.05 Å². The van der Waals surface area contributed by atoms with Crippen LogP contribution in [-0.4, -0.2) is 34.1 Å². The van der Waals surface area contributed by atoms with Gasteiger partial charge in [-0.3, -0.25) is 18.9 Å². The van der Waals surface area contributed by atoms with E-state index in [1.54, 1.807) is 56.4 Å². The first-order chi connectivity index (χ1) is 16.2. The number of benzene rings is 2. The van der Waals surface area contributed by atoms with Gasteiger partial charge in [0.25, 0.3) is 15.6 Å². The fourth-order valence-corrected chi connectivity index (χ4v) is 4.98. The number of carbonyl (C=O) groups excluding carboxylic acids is 1. The van der Waals surface area contributed by atoms with Gasteiger partial charge in [-0.05, 0) is 55.5 Å². The highest BCUT2D eigenvalue weighted by molar-refractivity contribution is 8.00. The fraction of sp³-hybridized carbons (Fsp3) is 0.130. The second-order valence-electron chi connectivity index (χ2n) is 7.37. The number of anilines is 2. The molecule has 2 aromatic heterocycles. The number of nitrogens with zero attached hydrogens (tertiary/aromatic N) is 3. The number of nitrogens with one attached hydrogen (secondary N) is 2. The van der Waals surface area contributed by atoms with Crippen LogP contribution >= 0.6 is 11.8 Å². The number of pyridine rings is 1. The Bertz CT molecular complexity index is 1500. The first-order valence-corrected chi connectivity index (χ1v) is 12.6. The summed E-state index contributed by atoms with van der Waals surface area (Å²) in [5, 5.41) is 3.13. The molecule has 0 saturated carbocycles. The summed E-state index contributed by atoms with van der Waals surface area (Å²) < 4.78 is 28.9. The summed E-state index contributed by atoms with van der Waals surface area (Å²) in [7, 11) is -2.19. The van der Waals surface area contributed by atoms with E-state index in [1.807, 2.05) is 0 Å². The molecule has 0 aliphatic rings. The molecule has 0 bridgehead atoms. The van der Waals surface area contributed by atoms with Crippen molar-refractivity contribution in [3.63, 3.8) is 0 Å². The SMILES string of the molecule is CC(Sc1nc2ccccc2c(=O)n1C)C(=O)Nc1ccc(S(=O)(=O)Nc2ccccn2)cc1. The Kier molecular flexibility index (Phi) is 6.66. The lowest BCUT2D eigenvalue weighted by molar-refractivity contribution is -0.115. The van der Waals surface area contributed by atoms with Gasteiger partial charge in [-0.2, -0.15) is 0 Å². The van der Waals surface area contributed by atoms with Crippen LogP contribution in [0.1, 0.15) is 6.92 Å². The van der Waals surface area contributed by atoms with Crippen LogP contribution in [0.25, 0.3) is 10.9 Å². The first-order valence-electron chi connectivity index (χ1n) is 10.2. The normalized spacial score (nSPS) is 12.3. The minimum Gasteiger partial charge on any atom is -0.325 e. The average Bonchev–Trinajstić information content (AvgIpc) is 2.83. The molecule has 4 aromatic rings. The molecule has 0 aliphatic heterocycles. The fourth-order valence-electron chi connectivity index (χ4n) is 3.10. The molecule has 1 atom stereocenters. The van der Waals surface area contributed by atoms with Gasteiger partial charge in [0.1, 0.15) is 5.82 Å². The Hall–Kier alpha value is -3.70. The molecule has 0 radical (unpaired) electrons. The van der Waals surface area contributed by atoms with Crippen LogP contribution in [0.4, 0.5) is 11.5 Å². The smallest absolute Gasteiger partial charge is 0.263 e. The number of carbonyl (C=O) groups is 1. The van der Waals surface area contributed by atoms with E-state index in [9.17, 15) is 18.0 Å². The molecule has 174 valence electrons. The van der Waals surface area contributed by atoms with Gasteiger partial charge in [0.05, 0.1) is 21.0 Å². The van der Waals surface area contributed by atoms with Gasteiger partial charge in [0.15, 0.2) is 5.16 Å². The quantitative estimate of drug-likeness (QED) is 0.298. The number of fused-ring (bicyclic) bond motifs is 1. The Morgan fingerprint density at radius 2 is 1.74 bits per heavy atom. The summed E-state index contributed by atoms with van der Waals surface area (Å²) in [6.45, 7) is 1.71. The van der Waals surface area contributed by atoms with E-state index in [-0.39, 0.29) is 22.2 Å². The highest BCUT2D eigenvalue weighted by Crippen LogP contribution is 2.23. The van der Waals surface area contributed by atoms with E-state index < -0.39 is 15.3 Å². The number of para-hydroxylation sites is 1. The van der Waals surface area contributed by atoms with Crippen LogP contribution in [0.3, 0.4) is 0 Å². The molecule has 2 heterocycles. The predicted molar refractivity (Wildman–Crippen MR) is 132 cm³/mol. The van der Waals surface area contributed by atoms with E-state index in [1.165, 1.54) is 35.0 Å². The van der Waals surface area contributed by atoms with Gasteiger partial charge in [0, 0.05) is 18.9 Å². The number of thioether (sulfide) groups is 1. The average molecular weight is 496 g/mol. The summed E-state index contributed by atoms with van der Waals surface area (Å²) in [4.78, 5) is 33.8. The zero-order chi connectivity index (χ0) is 24.3. The summed E-state index contributed by atoms with van der Waals surface area (Å²) in [6.07, 6.45) is 1.49. The van der Waals surface area contributed by atoms with Gasteiger partial charge in [-0.1, -0.05) is 30.0 Å². The Morgan fingerprint density at radius 3 is 2.44 bits per heavy atom. The summed E-state index contributed by atoms with van der Waals surface area (Å²) >= 11 is 1.16. The van der Waals surface area contributed by atoms with Crippen molar-refractivity contribution in [3.8, 4) is 0 Å². The maximum atomic E-state index is 12.7. The van der Waals surface area contributed by atoms with E-state index in [4.69, 9.17) is 0 Å². The van der Waals surface area contributed by atoms with Crippen LogP contribution < -0.4 is 15.6 Å². The van der Waals surface area contributed by atoms with Crippen molar-refractivity contribution in [2.45, 2.75) is 22.2 Å². The van der Waals surface area contributed by atoms with Crippen LogP contribution in [-0.2, 0) is 21.9 Å². The molecule has 0 aliphatic carbocycles. The van der Waals surface area contributed by atoms with Crippen LogP contribution in [0, 0.1) is 0 Å². The number of aromatic nitrogens is 3. The molecule has 9 nitrogen and oxygen atoms in total. The topological polar surface area (TPSA) is 123 Å². The number of hydrogen-bond acceptors (Lipinski definition) is 7. The summed E-state index contributed by atoms with van der Waals surface area (Å²) in [5.41, 5.74) is 0.822. The number of amides is 1. The molecule has 2 N–H and O–H groups in total. The van der Waals surface area contributed by atoms with Crippen molar-refractivity contribution < 1.29 is 13.2 Å². The number of sulfonamides is 1. The van der Waals surface area contributed by atoms with Crippen LogP contribution in [0.15, 0.2) is 87.8 Å². The zero-order valence-electron chi connectivity index (χ0n) is 18.3. The Balaban J connectivity index is 1.44. The Labute approximate surface area is 200 Å². The monoisotopic (exact) mass is 495 g/mol. The molecule has 4 rings (SSSR count). The summed E-state index contributed by atoms with van der Waals surface area (Å²) in [6, 6.07) is 17.8. The summed E-state index contributed by atoms with van der Waals surface area (Å²) in [5.74, 6) is -0.0999. The third-order valence-corrected chi connectivity index (χ3v) is 7.44. The van der Waals surface area contributed by atoms with Crippen molar-refractivity contribution in [1.29, 1.82) is 0 Å². The minimum atomic E-state index is -3.81. The maximum Gasteiger partial charge on any atom is 0.263 e. The van der Waals surface area contributed by atoms with Crippen molar-refractivity contribution in [2.75, 3.05) is 10.0 Å². The highest BCUT2D eigenvalue weighted by atomic mass is 32.2. The highest BCUT2D eigenvalue weighted by Gasteiger charge is 2.19. The minimum absolute atomic E-state index is 0.0361. The number of rotatable bonds is 7. The van der Waals surface area contributed by atoms with Gasteiger partial charge < -0.3 is 5.32 Å². The zero-order valence-corrected chi connectivity index (χ0v) is 19.9. The van der Waals surface area contributed by atoms with E-state index >= 15 is 0 Å². The molecule has 34 heavy (non-hydrogen) atoms. The molecule has 0 spiro atoms. The van der Waals surface area contributed by atoms with Gasteiger partial charge >= 0.3 is 0 Å². The number of hydrogen-bond donors (Lipinski definition) is 2. The second kappa shape index (κ2) is 9.65. The van der Waals surface area contributed by atoms with E-state index in [0.717, 1.165) is 11.8 Å². The van der Waals surface area contributed by atoms with Crippen LogP contribution in [0.2, 0.25) is 0 Å². The molecule has 2 aromatic carbocycles. The molecule has 1 unspecified atom stereocenters. The third-order valence-electron chi connectivity index (χ3n) is 4.93. The molecule has 0 fully saturated rings. The van der Waals surface area contributed by atoms with Gasteiger partial charge in [0.2, 0.25) is 5.91 Å². The molecular formula is C23H21N5O4S2. The van der Waals surface area contributed by atoms with E-state index in [0.29, 0.717) is 21.7 Å².